The molecule has 2 rings (SSSR count). The molecule has 1 heterocycles. The standard InChI is InChI=1S/C19H31N3O2.HI/c1-3-12-23-17-8-5-7-16(14-17)10-11-21-19(20-4-2)22-15-18-9-6-13-24-18;/h5,7-8,14,18H,3-4,6,9-13,15H2,1-2H3,(H2,20,21,22);1H. The Morgan fingerprint density at radius 1 is 1.32 bits per heavy atom. The normalized spacial score (nSPS) is 17.0. The summed E-state index contributed by atoms with van der Waals surface area (Å²) in [6, 6.07) is 8.32. The summed E-state index contributed by atoms with van der Waals surface area (Å²) < 4.78 is 11.3. The minimum Gasteiger partial charge on any atom is -0.494 e. The van der Waals surface area contributed by atoms with Gasteiger partial charge in [-0.15, -0.1) is 24.0 Å². The van der Waals surface area contributed by atoms with E-state index in [1.807, 2.05) is 6.07 Å². The van der Waals surface area contributed by atoms with Crippen molar-refractivity contribution in [1.82, 2.24) is 10.6 Å². The number of rotatable bonds is 9. The number of hydrogen-bond acceptors (Lipinski definition) is 3. The van der Waals surface area contributed by atoms with Crippen molar-refractivity contribution in [2.24, 2.45) is 4.99 Å². The molecule has 25 heavy (non-hydrogen) atoms. The fraction of sp³-hybridized carbons (Fsp3) is 0.632. The molecule has 0 spiro atoms. The summed E-state index contributed by atoms with van der Waals surface area (Å²) in [6.07, 6.45) is 4.52. The second-order valence-corrected chi connectivity index (χ2v) is 6.03. The largest absolute Gasteiger partial charge is 0.494 e. The fourth-order valence-electron chi connectivity index (χ4n) is 2.66. The van der Waals surface area contributed by atoms with Crippen molar-refractivity contribution >= 4 is 29.9 Å². The van der Waals surface area contributed by atoms with Crippen molar-refractivity contribution in [3.63, 3.8) is 0 Å². The van der Waals surface area contributed by atoms with Gasteiger partial charge in [-0.05, 0) is 50.3 Å². The zero-order valence-electron chi connectivity index (χ0n) is 15.4. The molecule has 1 atom stereocenters. The molecule has 1 aromatic rings. The monoisotopic (exact) mass is 461 g/mol. The number of nitrogens with one attached hydrogen (secondary N) is 2. The maximum Gasteiger partial charge on any atom is 0.191 e. The number of guanidine groups is 1. The molecule has 6 heteroatoms. The van der Waals surface area contributed by atoms with E-state index in [4.69, 9.17) is 9.47 Å². The highest BCUT2D eigenvalue weighted by Gasteiger charge is 2.14. The molecular weight excluding hydrogens is 429 g/mol. The molecule has 0 aliphatic carbocycles. The first-order valence-corrected chi connectivity index (χ1v) is 9.17. The summed E-state index contributed by atoms with van der Waals surface area (Å²) in [5.41, 5.74) is 1.27. The molecule has 0 saturated carbocycles. The Morgan fingerprint density at radius 2 is 2.20 bits per heavy atom. The lowest BCUT2D eigenvalue weighted by atomic mass is 10.1. The number of benzene rings is 1. The number of hydrogen-bond donors (Lipinski definition) is 2. The van der Waals surface area contributed by atoms with E-state index in [9.17, 15) is 0 Å². The molecule has 0 amide bonds. The summed E-state index contributed by atoms with van der Waals surface area (Å²) in [5.74, 6) is 1.82. The molecule has 1 aromatic carbocycles. The van der Waals surface area contributed by atoms with Crippen molar-refractivity contribution in [2.75, 3.05) is 32.8 Å². The molecule has 0 aromatic heterocycles. The molecule has 5 nitrogen and oxygen atoms in total. The average molecular weight is 461 g/mol. The predicted octanol–water partition coefficient (Wildman–Crippen LogP) is 3.37. The Labute approximate surface area is 169 Å². The zero-order valence-corrected chi connectivity index (χ0v) is 17.8. The van der Waals surface area contributed by atoms with E-state index in [0.717, 1.165) is 70.2 Å². The third kappa shape index (κ3) is 8.76. The number of aliphatic imine (C=N–C) groups is 1. The van der Waals surface area contributed by atoms with Crippen molar-refractivity contribution in [3.05, 3.63) is 29.8 Å². The van der Waals surface area contributed by atoms with Gasteiger partial charge in [0.25, 0.3) is 0 Å². The van der Waals surface area contributed by atoms with Gasteiger partial charge in [0.2, 0.25) is 0 Å². The Morgan fingerprint density at radius 3 is 2.92 bits per heavy atom. The highest BCUT2D eigenvalue weighted by molar-refractivity contribution is 14.0. The highest BCUT2D eigenvalue weighted by Crippen LogP contribution is 2.14. The fourth-order valence-corrected chi connectivity index (χ4v) is 2.66. The van der Waals surface area contributed by atoms with Crippen LogP contribution in [-0.4, -0.2) is 44.9 Å². The minimum atomic E-state index is 0. The van der Waals surface area contributed by atoms with Gasteiger partial charge in [0.1, 0.15) is 5.75 Å². The van der Waals surface area contributed by atoms with Crippen LogP contribution in [0.4, 0.5) is 0 Å². The van der Waals surface area contributed by atoms with Gasteiger partial charge < -0.3 is 20.1 Å². The van der Waals surface area contributed by atoms with E-state index in [2.05, 4.69) is 47.7 Å². The van der Waals surface area contributed by atoms with Crippen LogP contribution in [0.3, 0.4) is 0 Å². The van der Waals surface area contributed by atoms with Gasteiger partial charge in [-0.25, -0.2) is 0 Å². The SMILES string of the molecule is CCCOc1cccc(CCNC(=NCC2CCCO2)NCC)c1.I. The first-order chi connectivity index (χ1) is 11.8. The quantitative estimate of drug-likeness (QED) is 0.337. The van der Waals surface area contributed by atoms with Crippen molar-refractivity contribution in [2.45, 2.75) is 45.6 Å². The van der Waals surface area contributed by atoms with Gasteiger partial charge in [0, 0.05) is 19.7 Å². The Balaban J connectivity index is 0.00000312. The van der Waals surface area contributed by atoms with Crippen molar-refractivity contribution < 1.29 is 9.47 Å². The molecule has 1 fully saturated rings. The molecule has 2 N–H and O–H groups in total. The van der Waals surface area contributed by atoms with E-state index in [0.29, 0.717) is 0 Å². The third-order valence-electron chi connectivity index (χ3n) is 3.90. The molecular formula is C19H32IN3O2. The third-order valence-corrected chi connectivity index (χ3v) is 3.90. The van der Waals surface area contributed by atoms with E-state index in [1.54, 1.807) is 0 Å². The maximum atomic E-state index is 5.69. The van der Waals surface area contributed by atoms with Gasteiger partial charge in [0.15, 0.2) is 5.96 Å². The Bertz CT molecular complexity index is 505. The summed E-state index contributed by atoms with van der Waals surface area (Å²) >= 11 is 0. The predicted molar refractivity (Wildman–Crippen MR) is 114 cm³/mol. The Kier molecular flexibility index (Phi) is 11.6. The van der Waals surface area contributed by atoms with Gasteiger partial charge in [-0.2, -0.15) is 0 Å². The van der Waals surface area contributed by atoms with Crippen LogP contribution in [0.1, 0.15) is 38.7 Å². The van der Waals surface area contributed by atoms with Crippen molar-refractivity contribution in [3.8, 4) is 5.75 Å². The number of ether oxygens (including phenoxy) is 2. The topological polar surface area (TPSA) is 54.9 Å². The van der Waals surface area contributed by atoms with Gasteiger partial charge in [-0.3, -0.25) is 4.99 Å². The first kappa shape index (κ1) is 22.0. The van der Waals surface area contributed by atoms with E-state index in [1.165, 1.54) is 5.56 Å². The van der Waals surface area contributed by atoms with E-state index in [-0.39, 0.29) is 30.1 Å². The van der Waals surface area contributed by atoms with Crippen LogP contribution in [0.25, 0.3) is 0 Å². The van der Waals surface area contributed by atoms with Gasteiger partial charge in [0.05, 0.1) is 19.3 Å². The molecule has 142 valence electrons. The van der Waals surface area contributed by atoms with Crippen LogP contribution in [0.15, 0.2) is 29.3 Å². The van der Waals surface area contributed by atoms with Crippen LogP contribution >= 0.6 is 24.0 Å². The highest BCUT2D eigenvalue weighted by atomic mass is 127. The van der Waals surface area contributed by atoms with Gasteiger partial charge >= 0.3 is 0 Å². The van der Waals surface area contributed by atoms with Crippen molar-refractivity contribution in [1.29, 1.82) is 0 Å². The second kappa shape index (κ2) is 13.2. The van der Waals surface area contributed by atoms with Crippen LogP contribution in [0.5, 0.6) is 5.75 Å². The zero-order chi connectivity index (χ0) is 17.0. The van der Waals surface area contributed by atoms with E-state index < -0.39 is 0 Å². The molecule has 0 bridgehead atoms. The first-order valence-electron chi connectivity index (χ1n) is 9.17. The summed E-state index contributed by atoms with van der Waals surface area (Å²) in [4.78, 5) is 4.63. The van der Waals surface area contributed by atoms with Crippen LogP contribution in [0.2, 0.25) is 0 Å². The van der Waals surface area contributed by atoms with E-state index >= 15 is 0 Å². The number of halogens is 1. The lowest BCUT2D eigenvalue weighted by Crippen LogP contribution is -2.38. The maximum absolute atomic E-state index is 5.69. The Hall–Kier alpha value is -1.02. The average Bonchev–Trinajstić information content (AvgIpc) is 3.12. The van der Waals surface area contributed by atoms with Crippen LogP contribution < -0.4 is 15.4 Å². The summed E-state index contributed by atoms with van der Waals surface area (Å²) in [6.45, 7) is 8.27. The molecule has 0 radical (unpaired) electrons. The molecule has 1 aliphatic heterocycles. The summed E-state index contributed by atoms with van der Waals surface area (Å²) in [7, 11) is 0. The lowest BCUT2D eigenvalue weighted by Gasteiger charge is -2.13. The minimum absolute atomic E-state index is 0. The molecule has 1 unspecified atom stereocenters. The smallest absolute Gasteiger partial charge is 0.191 e. The van der Waals surface area contributed by atoms with Crippen LogP contribution in [-0.2, 0) is 11.2 Å². The lowest BCUT2D eigenvalue weighted by molar-refractivity contribution is 0.117. The van der Waals surface area contributed by atoms with Gasteiger partial charge in [-0.1, -0.05) is 19.1 Å². The molecule has 1 saturated heterocycles. The molecule has 1 aliphatic rings. The van der Waals surface area contributed by atoms with Crippen LogP contribution in [0, 0.1) is 0 Å². The second-order valence-electron chi connectivity index (χ2n) is 6.03. The summed E-state index contributed by atoms with van der Waals surface area (Å²) in [5, 5.41) is 6.69. The number of nitrogens with zero attached hydrogens (tertiary/aromatic N) is 1.